The van der Waals surface area contributed by atoms with Crippen LogP contribution >= 0.6 is 8.03 Å². The molecule has 1 aromatic carbocycles. The van der Waals surface area contributed by atoms with E-state index in [2.05, 4.69) is 0 Å². The van der Waals surface area contributed by atoms with Gasteiger partial charge >= 0.3 is 0 Å². The smallest absolute Gasteiger partial charge is 0.204 e. The van der Waals surface area contributed by atoms with Gasteiger partial charge in [0.25, 0.3) is 0 Å². The van der Waals surface area contributed by atoms with Crippen LogP contribution in [-0.2, 0) is 19.1 Å². The third kappa shape index (κ3) is 7.61. The summed E-state index contributed by atoms with van der Waals surface area (Å²) < 4.78 is 37.8. The van der Waals surface area contributed by atoms with Gasteiger partial charge in [-0.1, -0.05) is 18.2 Å². The monoisotopic (exact) mass is 294 g/mol. The molecule has 0 aliphatic heterocycles. The van der Waals surface area contributed by atoms with E-state index in [1.54, 1.807) is 18.2 Å². The molecule has 7 heteroatoms. The molecule has 5 nitrogen and oxygen atoms in total. The van der Waals surface area contributed by atoms with E-state index in [0.29, 0.717) is 0 Å². The second kappa shape index (κ2) is 9.28. The molecule has 0 spiro atoms. The molecule has 0 aliphatic rings. The first-order valence-electron chi connectivity index (χ1n) is 5.51. The van der Waals surface area contributed by atoms with E-state index in [1.807, 2.05) is 13.8 Å². The van der Waals surface area contributed by atoms with Gasteiger partial charge in [-0.05, 0) is 26.0 Å². The first-order chi connectivity index (χ1) is 8.44. The summed E-state index contributed by atoms with van der Waals surface area (Å²) in [6.07, 6.45) is 0. The van der Waals surface area contributed by atoms with Crippen molar-refractivity contribution in [2.45, 2.75) is 18.7 Å². The quantitative estimate of drug-likeness (QED) is 0.839. The van der Waals surface area contributed by atoms with E-state index in [9.17, 15) is 13.0 Å². The Labute approximate surface area is 109 Å². The number of ether oxygens (including phenoxy) is 1. The molecule has 1 atom stereocenters. The van der Waals surface area contributed by atoms with Crippen LogP contribution in [0.2, 0.25) is 0 Å². The van der Waals surface area contributed by atoms with E-state index in [1.165, 1.54) is 12.1 Å². The van der Waals surface area contributed by atoms with Gasteiger partial charge < -0.3 is 9.63 Å². The maximum atomic E-state index is 11.3. The fourth-order valence-electron chi connectivity index (χ4n) is 1.08. The lowest BCUT2D eigenvalue weighted by Crippen LogP contribution is -2.03. The maximum Gasteiger partial charge on any atom is 0.204 e. The van der Waals surface area contributed by atoms with Crippen LogP contribution in [0.25, 0.3) is 0 Å². The maximum absolute atomic E-state index is 11.3. The standard InChI is InChI=1S/C7H9O4PS.C4H10O/c8-12(9)6-13(10,11)7-4-2-1-3-5-7;1-3-5-4-2/h1-5,12H,6H2,(H,8,9);3-4H2,1-2H3. The molecule has 104 valence electrons. The Morgan fingerprint density at radius 3 is 2.00 bits per heavy atom. The number of hydrogen-bond acceptors (Lipinski definition) is 4. The van der Waals surface area contributed by atoms with Crippen LogP contribution in [0, 0.1) is 0 Å². The number of rotatable bonds is 5. The molecule has 0 amide bonds. The Morgan fingerprint density at radius 2 is 1.67 bits per heavy atom. The van der Waals surface area contributed by atoms with Crippen LogP contribution in [-0.4, -0.2) is 32.0 Å². The van der Waals surface area contributed by atoms with E-state index >= 15 is 0 Å². The second-order valence-electron chi connectivity index (χ2n) is 3.25. The van der Waals surface area contributed by atoms with Gasteiger partial charge in [0.15, 0.2) is 9.84 Å². The van der Waals surface area contributed by atoms with Crippen molar-refractivity contribution in [2.24, 2.45) is 0 Å². The summed E-state index contributed by atoms with van der Waals surface area (Å²) in [6.45, 7) is 5.67. The third-order valence-corrected chi connectivity index (χ3v) is 5.32. The summed E-state index contributed by atoms with van der Waals surface area (Å²) in [5.41, 5.74) is -0.679. The molecule has 1 unspecified atom stereocenters. The Hall–Kier alpha value is -0.680. The Bertz CT molecular complexity index is 442. The zero-order valence-electron chi connectivity index (χ0n) is 10.5. The Kier molecular flexibility index (Phi) is 8.93. The summed E-state index contributed by atoms with van der Waals surface area (Å²) in [7, 11) is -6.55. The number of sulfone groups is 1. The molecule has 1 aromatic rings. The topological polar surface area (TPSA) is 80.7 Å². The molecule has 18 heavy (non-hydrogen) atoms. The molecule has 0 aliphatic carbocycles. The van der Waals surface area contributed by atoms with E-state index in [0.717, 1.165) is 13.2 Å². The van der Waals surface area contributed by atoms with E-state index < -0.39 is 23.4 Å². The predicted octanol–water partition coefficient (Wildman–Crippen LogP) is 1.93. The molecular formula is C11H19O5PS. The number of hydrogen-bond donors (Lipinski definition) is 1. The van der Waals surface area contributed by atoms with Crippen molar-refractivity contribution in [3.63, 3.8) is 0 Å². The van der Waals surface area contributed by atoms with Crippen LogP contribution in [0.15, 0.2) is 35.2 Å². The highest BCUT2D eigenvalue weighted by Crippen LogP contribution is 2.21. The van der Waals surface area contributed by atoms with Crippen LogP contribution in [0.5, 0.6) is 0 Å². The van der Waals surface area contributed by atoms with Crippen molar-refractivity contribution in [3.8, 4) is 0 Å². The minimum atomic E-state index is -3.58. The molecule has 0 aromatic heterocycles. The molecule has 0 saturated heterocycles. The normalized spacial score (nSPS) is 12.4. The molecule has 0 saturated carbocycles. The van der Waals surface area contributed by atoms with Gasteiger partial charge in [0.1, 0.15) is 5.49 Å². The molecular weight excluding hydrogens is 275 g/mol. The summed E-state index contributed by atoms with van der Waals surface area (Å²) in [6, 6.07) is 7.63. The van der Waals surface area contributed by atoms with Crippen molar-refractivity contribution in [3.05, 3.63) is 30.3 Å². The predicted molar refractivity (Wildman–Crippen MR) is 71.9 cm³/mol. The fraction of sp³-hybridized carbons (Fsp3) is 0.455. The van der Waals surface area contributed by atoms with Gasteiger partial charge in [-0.15, -0.1) is 0 Å². The van der Waals surface area contributed by atoms with Gasteiger partial charge in [0.05, 0.1) is 4.90 Å². The summed E-state index contributed by atoms with van der Waals surface area (Å²) in [4.78, 5) is 8.60. The molecule has 0 fully saturated rings. The number of benzene rings is 1. The SMILES string of the molecule is CCOCC.O=[PH](O)CS(=O)(=O)c1ccccc1. The zero-order valence-corrected chi connectivity index (χ0v) is 12.3. The fourth-order valence-corrected chi connectivity index (χ4v) is 3.62. The largest absolute Gasteiger partial charge is 0.382 e. The lowest BCUT2D eigenvalue weighted by molar-refractivity contribution is 0.162. The molecule has 1 N–H and O–H groups in total. The highest BCUT2D eigenvalue weighted by atomic mass is 32.2. The highest BCUT2D eigenvalue weighted by Gasteiger charge is 2.15. The van der Waals surface area contributed by atoms with Gasteiger partial charge in [-0.25, -0.2) is 8.42 Å². The minimum absolute atomic E-state index is 0.0856. The van der Waals surface area contributed by atoms with Crippen molar-refractivity contribution in [1.29, 1.82) is 0 Å². The summed E-state index contributed by atoms with van der Waals surface area (Å²) in [5, 5.41) is 0. The average molecular weight is 294 g/mol. The Morgan fingerprint density at radius 1 is 1.17 bits per heavy atom. The van der Waals surface area contributed by atoms with Crippen molar-refractivity contribution < 1.29 is 22.6 Å². The van der Waals surface area contributed by atoms with Gasteiger partial charge in [0, 0.05) is 13.2 Å². The second-order valence-corrected chi connectivity index (χ2v) is 6.89. The lowest BCUT2D eigenvalue weighted by Gasteiger charge is -2.00. The summed E-state index contributed by atoms with van der Waals surface area (Å²) >= 11 is 0. The van der Waals surface area contributed by atoms with Crippen molar-refractivity contribution >= 4 is 17.9 Å². The van der Waals surface area contributed by atoms with Gasteiger partial charge in [-0.2, -0.15) is 0 Å². The molecule has 0 bridgehead atoms. The van der Waals surface area contributed by atoms with Crippen LogP contribution in [0.1, 0.15) is 13.8 Å². The van der Waals surface area contributed by atoms with Crippen LogP contribution < -0.4 is 0 Å². The summed E-state index contributed by atoms with van der Waals surface area (Å²) in [5.74, 6) is 0. The lowest BCUT2D eigenvalue weighted by atomic mass is 10.4. The third-order valence-electron chi connectivity index (χ3n) is 1.82. The van der Waals surface area contributed by atoms with Gasteiger partial charge in [0.2, 0.25) is 8.03 Å². The van der Waals surface area contributed by atoms with Crippen molar-refractivity contribution in [1.82, 2.24) is 0 Å². The first kappa shape index (κ1) is 17.3. The van der Waals surface area contributed by atoms with Gasteiger partial charge in [-0.3, -0.25) is 4.57 Å². The van der Waals surface area contributed by atoms with Crippen molar-refractivity contribution in [2.75, 3.05) is 18.7 Å². The molecule has 1 rings (SSSR count). The zero-order chi connectivity index (χ0) is 14.0. The molecule has 0 heterocycles. The minimum Gasteiger partial charge on any atom is -0.382 e. The van der Waals surface area contributed by atoms with E-state index in [-0.39, 0.29) is 4.90 Å². The average Bonchev–Trinajstić information content (AvgIpc) is 2.30. The van der Waals surface area contributed by atoms with Crippen LogP contribution in [0.3, 0.4) is 0 Å². The highest BCUT2D eigenvalue weighted by molar-refractivity contribution is 7.96. The van der Waals surface area contributed by atoms with E-state index in [4.69, 9.17) is 9.63 Å². The Balaban J connectivity index is 0.000000494. The van der Waals surface area contributed by atoms with Crippen LogP contribution in [0.4, 0.5) is 0 Å². The first-order valence-corrected chi connectivity index (χ1v) is 8.72. The molecule has 0 radical (unpaired) electrons.